The molecule has 3 rings (SSSR count). The third-order valence-electron chi connectivity index (χ3n) is 4.49. The summed E-state index contributed by atoms with van der Waals surface area (Å²) in [6.07, 6.45) is 3.80. The first-order valence-corrected chi connectivity index (χ1v) is 8.92. The predicted molar refractivity (Wildman–Crippen MR) is 102 cm³/mol. The second-order valence-electron chi connectivity index (χ2n) is 6.33. The maximum Gasteiger partial charge on any atom is 0.220 e. The summed E-state index contributed by atoms with van der Waals surface area (Å²) in [5.74, 6) is 0.896. The van der Waals surface area contributed by atoms with E-state index in [2.05, 4.69) is 15.4 Å². The maximum absolute atomic E-state index is 12.1. The van der Waals surface area contributed by atoms with E-state index >= 15 is 0 Å². The molecule has 1 amide bonds. The molecule has 5 heteroatoms. The SMILES string of the molecule is Cc1nn(-c2ccccn2)c(C)c1CCNC(=O)CCc1ccccc1. The van der Waals surface area contributed by atoms with Crippen LogP contribution in [-0.4, -0.2) is 27.2 Å². The lowest BCUT2D eigenvalue weighted by molar-refractivity contribution is -0.121. The van der Waals surface area contributed by atoms with E-state index < -0.39 is 0 Å². The molecule has 134 valence electrons. The van der Waals surface area contributed by atoms with Gasteiger partial charge in [0.05, 0.1) is 5.69 Å². The van der Waals surface area contributed by atoms with Gasteiger partial charge in [-0.2, -0.15) is 5.10 Å². The lowest BCUT2D eigenvalue weighted by atomic mass is 10.1. The minimum Gasteiger partial charge on any atom is -0.356 e. The van der Waals surface area contributed by atoms with Crippen molar-refractivity contribution < 1.29 is 4.79 Å². The van der Waals surface area contributed by atoms with Crippen molar-refractivity contribution in [1.82, 2.24) is 20.1 Å². The van der Waals surface area contributed by atoms with Crippen LogP contribution in [-0.2, 0) is 17.6 Å². The molecule has 0 spiro atoms. The molecule has 2 aromatic heterocycles. The number of aromatic nitrogens is 3. The van der Waals surface area contributed by atoms with E-state index in [1.54, 1.807) is 6.20 Å². The molecule has 0 radical (unpaired) electrons. The Morgan fingerprint density at radius 2 is 1.81 bits per heavy atom. The largest absolute Gasteiger partial charge is 0.356 e. The van der Waals surface area contributed by atoms with Gasteiger partial charge in [-0.3, -0.25) is 4.79 Å². The molecule has 5 nitrogen and oxygen atoms in total. The average molecular weight is 348 g/mol. The Balaban J connectivity index is 1.53. The third-order valence-corrected chi connectivity index (χ3v) is 4.49. The van der Waals surface area contributed by atoms with Gasteiger partial charge in [-0.1, -0.05) is 36.4 Å². The number of carbonyl (C=O) groups excluding carboxylic acids is 1. The van der Waals surface area contributed by atoms with E-state index in [0.717, 1.165) is 30.0 Å². The molecule has 0 unspecified atom stereocenters. The van der Waals surface area contributed by atoms with Gasteiger partial charge in [-0.25, -0.2) is 9.67 Å². The summed E-state index contributed by atoms with van der Waals surface area (Å²) in [5.41, 5.74) is 4.40. The highest BCUT2D eigenvalue weighted by atomic mass is 16.1. The van der Waals surface area contributed by atoms with Gasteiger partial charge in [0.2, 0.25) is 5.91 Å². The molecular formula is C21H24N4O. The molecule has 0 bridgehead atoms. The first-order valence-electron chi connectivity index (χ1n) is 8.92. The van der Waals surface area contributed by atoms with E-state index in [0.29, 0.717) is 13.0 Å². The van der Waals surface area contributed by atoms with Crippen LogP contribution < -0.4 is 5.32 Å². The number of nitrogens with one attached hydrogen (secondary N) is 1. The first kappa shape index (κ1) is 17.9. The number of benzene rings is 1. The van der Waals surface area contributed by atoms with Crippen molar-refractivity contribution in [1.29, 1.82) is 0 Å². The normalized spacial score (nSPS) is 10.7. The molecular weight excluding hydrogens is 324 g/mol. The Bertz CT molecular complexity index is 856. The van der Waals surface area contributed by atoms with Crippen LogP contribution in [0.2, 0.25) is 0 Å². The van der Waals surface area contributed by atoms with E-state index in [1.165, 1.54) is 11.1 Å². The van der Waals surface area contributed by atoms with E-state index in [-0.39, 0.29) is 5.91 Å². The van der Waals surface area contributed by atoms with Crippen LogP contribution in [0, 0.1) is 13.8 Å². The lowest BCUT2D eigenvalue weighted by Gasteiger charge is -2.07. The summed E-state index contributed by atoms with van der Waals surface area (Å²) in [4.78, 5) is 16.4. The average Bonchev–Trinajstić information content (AvgIpc) is 2.96. The van der Waals surface area contributed by atoms with Gasteiger partial charge in [0.25, 0.3) is 0 Å². The number of aryl methyl sites for hydroxylation is 2. The summed E-state index contributed by atoms with van der Waals surface area (Å²) in [7, 11) is 0. The van der Waals surface area contributed by atoms with E-state index in [4.69, 9.17) is 0 Å². The number of pyridine rings is 1. The molecule has 0 saturated carbocycles. The van der Waals surface area contributed by atoms with Crippen molar-refractivity contribution in [2.24, 2.45) is 0 Å². The fourth-order valence-electron chi connectivity index (χ4n) is 3.06. The van der Waals surface area contributed by atoms with Crippen LogP contribution in [0.4, 0.5) is 0 Å². The molecule has 26 heavy (non-hydrogen) atoms. The quantitative estimate of drug-likeness (QED) is 0.713. The Labute approximate surface area is 154 Å². The summed E-state index contributed by atoms with van der Waals surface area (Å²) in [6, 6.07) is 15.9. The zero-order valence-electron chi connectivity index (χ0n) is 15.3. The van der Waals surface area contributed by atoms with Crippen LogP contribution in [0.1, 0.15) is 28.9 Å². The van der Waals surface area contributed by atoms with Crippen LogP contribution in [0.5, 0.6) is 0 Å². The predicted octanol–water partition coefficient (Wildman–Crippen LogP) is 3.18. The number of amides is 1. The molecule has 0 aliphatic heterocycles. The molecule has 0 atom stereocenters. The molecule has 2 heterocycles. The number of hydrogen-bond donors (Lipinski definition) is 1. The van der Waals surface area contributed by atoms with Crippen molar-refractivity contribution in [3.63, 3.8) is 0 Å². The first-order chi connectivity index (χ1) is 12.6. The number of hydrogen-bond acceptors (Lipinski definition) is 3. The third kappa shape index (κ3) is 4.36. The number of rotatable bonds is 7. The van der Waals surface area contributed by atoms with Crippen LogP contribution >= 0.6 is 0 Å². The van der Waals surface area contributed by atoms with E-state index in [9.17, 15) is 4.79 Å². The Morgan fingerprint density at radius 1 is 1.04 bits per heavy atom. The van der Waals surface area contributed by atoms with Gasteiger partial charge in [0.1, 0.15) is 0 Å². The highest BCUT2D eigenvalue weighted by Crippen LogP contribution is 2.16. The van der Waals surface area contributed by atoms with Gasteiger partial charge in [-0.15, -0.1) is 0 Å². The van der Waals surface area contributed by atoms with Gasteiger partial charge in [0, 0.05) is 24.9 Å². The summed E-state index contributed by atoms with van der Waals surface area (Å²) < 4.78 is 1.86. The Kier molecular flexibility index (Phi) is 5.79. The number of nitrogens with zero attached hydrogens (tertiary/aromatic N) is 3. The summed E-state index contributed by atoms with van der Waals surface area (Å²) >= 11 is 0. The zero-order valence-corrected chi connectivity index (χ0v) is 15.3. The molecule has 0 aliphatic carbocycles. The molecule has 1 aromatic carbocycles. The smallest absolute Gasteiger partial charge is 0.220 e. The van der Waals surface area contributed by atoms with Gasteiger partial charge >= 0.3 is 0 Å². The Hall–Kier alpha value is -2.95. The minimum absolute atomic E-state index is 0.0845. The Morgan fingerprint density at radius 3 is 2.54 bits per heavy atom. The van der Waals surface area contributed by atoms with Crippen LogP contribution in [0.25, 0.3) is 5.82 Å². The lowest BCUT2D eigenvalue weighted by Crippen LogP contribution is -2.26. The highest BCUT2D eigenvalue weighted by molar-refractivity contribution is 5.76. The summed E-state index contributed by atoms with van der Waals surface area (Å²) in [6.45, 7) is 4.66. The van der Waals surface area contributed by atoms with Gasteiger partial charge < -0.3 is 5.32 Å². The zero-order chi connectivity index (χ0) is 18.4. The van der Waals surface area contributed by atoms with Crippen LogP contribution in [0.3, 0.4) is 0 Å². The monoisotopic (exact) mass is 348 g/mol. The van der Waals surface area contributed by atoms with Crippen LogP contribution in [0.15, 0.2) is 54.7 Å². The minimum atomic E-state index is 0.0845. The molecule has 3 aromatic rings. The fourth-order valence-corrected chi connectivity index (χ4v) is 3.06. The molecule has 1 N–H and O–H groups in total. The molecule has 0 fully saturated rings. The fraction of sp³-hybridized carbons (Fsp3) is 0.286. The van der Waals surface area contributed by atoms with E-state index in [1.807, 2.05) is 67.1 Å². The second-order valence-corrected chi connectivity index (χ2v) is 6.33. The highest BCUT2D eigenvalue weighted by Gasteiger charge is 2.13. The van der Waals surface area contributed by atoms with Crippen molar-refractivity contribution in [3.05, 3.63) is 77.2 Å². The number of carbonyl (C=O) groups is 1. The maximum atomic E-state index is 12.1. The van der Waals surface area contributed by atoms with Crippen molar-refractivity contribution in [2.75, 3.05) is 6.54 Å². The van der Waals surface area contributed by atoms with Crippen molar-refractivity contribution >= 4 is 5.91 Å². The van der Waals surface area contributed by atoms with Gasteiger partial charge in [-0.05, 0) is 49.9 Å². The van der Waals surface area contributed by atoms with Gasteiger partial charge in [0.15, 0.2) is 5.82 Å². The molecule has 0 aliphatic rings. The standard InChI is InChI=1S/C21H24N4O/c1-16-19(17(2)25(24-16)20-10-6-7-14-22-20)13-15-23-21(26)12-11-18-8-4-3-5-9-18/h3-10,14H,11-13,15H2,1-2H3,(H,23,26). The topological polar surface area (TPSA) is 59.8 Å². The van der Waals surface area contributed by atoms with Crippen molar-refractivity contribution in [3.8, 4) is 5.82 Å². The summed E-state index contributed by atoms with van der Waals surface area (Å²) in [5, 5.41) is 7.61. The second kappa shape index (κ2) is 8.43. The molecule has 0 saturated heterocycles. The van der Waals surface area contributed by atoms with Crippen molar-refractivity contribution in [2.45, 2.75) is 33.1 Å².